The van der Waals surface area contributed by atoms with Gasteiger partial charge in [0.05, 0.1) is 19.8 Å². The molecule has 1 aliphatic heterocycles. The van der Waals surface area contributed by atoms with Crippen LogP contribution in [0, 0.1) is 0 Å². The van der Waals surface area contributed by atoms with Crippen molar-refractivity contribution in [1.29, 1.82) is 0 Å². The molecule has 4 N–H and O–H groups in total. The maximum absolute atomic E-state index is 11.9. The minimum Gasteiger partial charge on any atom is -0.490 e. The lowest BCUT2D eigenvalue weighted by Crippen LogP contribution is -2.33. The van der Waals surface area contributed by atoms with Gasteiger partial charge in [-0.05, 0) is 25.0 Å². The van der Waals surface area contributed by atoms with E-state index in [4.69, 9.17) is 15.2 Å². The quantitative estimate of drug-likeness (QED) is 0.560. The number of carbonyl (C=O) groups excluding carboxylic acids is 1. The normalized spacial score (nSPS) is 17.8. The number of carbonyl (C=O) groups is 1. The third-order valence-electron chi connectivity index (χ3n) is 4.36. The highest BCUT2D eigenvalue weighted by Crippen LogP contribution is 2.32. The Balaban J connectivity index is 1.46. The maximum atomic E-state index is 11.9. The summed E-state index contributed by atoms with van der Waals surface area (Å²) in [6.07, 6.45) is 5.79. The number of rotatable bonds is 5. The zero-order chi connectivity index (χ0) is 17.5. The zero-order valence-electron chi connectivity index (χ0n) is 14.4. The van der Waals surface area contributed by atoms with Gasteiger partial charge in [0.25, 0.3) is 0 Å². The maximum Gasteiger partial charge on any atom is 0.222 e. The number of benzene rings is 1. The summed E-state index contributed by atoms with van der Waals surface area (Å²) < 4.78 is 11.2. The average Bonchev–Trinajstić information content (AvgIpc) is 2.98. The Kier molecular flexibility index (Phi) is 5.98. The number of fused-ring (bicyclic) bond motifs is 1. The third-order valence-corrected chi connectivity index (χ3v) is 4.36. The van der Waals surface area contributed by atoms with Gasteiger partial charge in [0.2, 0.25) is 5.91 Å². The van der Waals surface area contributed by atoms with E-state index in [1.807, 2.05) is 18.2 Å². The molecule has 1 aliphatic carbocycles. The molecule has 0 radical (unpaired) electrons. The lowest BCUT2D eigenvalue weighted by molar-refractivity contribution is -0.121. The van der Waals surface area contributed by atoms with Crippen molar-refractivity contribution in [2.45, 2.75) is 44.6 Å². The molecule has 1 heterocycles. The van der Waals surface area contributed by atoms with Gasteiger partial charge in [-0.3, -0.25) is 9.79 Å². The van der Waals surface area contributed by atoms with Gasteiger partial charge in [0.1, 0.15) is 0 Å². The van der Waals surface area contributed by atoms with Gasteiger partial charge < -0.3 is 25.8 Å². The molecule has 1 fully saturated rings. The molecule has 1 amide bonds. The molecule has 1 saturated carbocycles. The summed E-state index contributed by atoms with van der Waals surface area (Å²) in [5, 5.41) is 6.06. The van der Waals surface area contributed by atoms with Gasteiger partial charge >= 0.3 is 0 Å². The second-order valence-electron chi connectivity index (χ2n) is 6.40. The molecule has 1 aromatic carbocycles. The molecule has 1 aromatic rings. The number of nitrogens with zero attached hydrogens (tertiary/aromatic N) is 1. The molecule has 0 unspecified atom stereocenters. The van der Waals surface area contributed by atoms with Crippen LogP contribution in [-0.2, 0) is 4.79 Å². The van der Waals surface area contributed by atoms with Gasteiger partial charge in [0.15, 0.2) is 17.5 Å². The van der Waals surface area contributed by atoms with E-state index in [1.54, 1.807) is 0 Å². The van der Waals surface area contributed by atoms with E-state index >= 15 is 0 Å². The molecular formula is C18H26N4O3. The third kappa shape index (κ3) is 5.27. The second kappa shape index (κ2) is 8.60. The fraction of sp³-hybridized carbons (Fsp3) is 0.556. The lowest BCUT2D eigenvalue weighted by atomic mass is 10.2. The number of aliphatic imine (C=N–C) groups is 1. The van der Waals surface area contributed by atoms with E-state index in [0.717, 1.165) is 30.7 Å². The molecule has 0 atom stereocenters. The fourth-order valence-corrected chi connectivity index (χ4v) is 3.08. The Morgan fingerprint density at radius 3 is 2.72 bits per heavy atom. The van der Waals surface area contributed by atoms with Gasteiger partial charge in [0, 0.05) is 30.6 Å². The van der Waals surface area contributed by atoms with Crippen LogP contribution in [0.2, 0.25) is 0 Å². The van der Waals surface area contributed by atoms with Gasteiger partial charge in [-0.15, -0.1) is 0 Å². The van der Waals surface area contributed by atoms with E-state index < -0.39 is 0 Å². The number of hydrogen-bond donors (Lipinski definition) is 3. The molecule has 0 spiro atoms. The van der Waals surface area contributed by atoms with Crippen LogP contribution in [0.25, 0.3) is 0 Å². The van der Waals surface area contributed by atoms with Crippen LogP contribution in [0.15, 0.2) is 23.2 Å². The highest BCUT2D eigenvalue weighted by Gasteiger charge is 2.16. The molecule has 136 valence electrons. The zero-order valence-corrected chi connectivity index (χ0v) is 14.4. The number of ether oxygens (including phenoxy) is 2. The van der Waals surface area contributed by atoms with Gasteiger partial charge in [-0.2, -0.15) is 0 Å². The second-order valence-corrected chi connectivity index (χ2v) is 6.40. The Bertz CT molecular complexity index is 627. The number of nitrogens with two attached hydrogens (primary N) is 1. The van der Waals surface area contributed by atoms with E-state index in [1.165, 1.54) is 12.8 Å². The van der Waals surface area contributed by atoms with Crippen molar-refractivity contribution in [1.82, 2.24) is 5.32 Å². The molecule has 7 nitrogen and oxygen atoms in total. The van der Waals surface area contributed by atoms with Crippen LogP contribution in [0.1, 0.15) is 38.5 Å². The molecule has 0 saturated heterocycles. The first-order valence-corrected chi connectivity index (χ1v) is 8.96. The van der Waals surface area contributed by atoms with Crippen LogP contribution in [0.3, 0.4) is 0 Å². The van der Waals surface area contributed by atoms with Crippen molar-refractivity contribution in [3.05, 3.63) is 18.2 Å². The summed E-state index contributed by atoms with van der Waals surface area (Å²) in [5.74, 6) is 1.76. The lowest BCUT2D eigenvalue weighted by Gasteiger charge is -2.12. The average molecular weight is 346 g/mol. The predicted molar refractivity (Wildman–Crippen MR) is 97.2 cm³/mol. The van der Waals surface area contributed by atoms with Crippen molar-refractivity contribution in [3.8, 4) is 11.5 Å². The Morgan fingerprint density at radius 2 is 1.92 bits per heavy atom. The standard InChI is InChI=1S/C18H26N4O3/c19-18(20-9-8-17(23)21-13-4-1-2-5-13)22-14-6-7-15-16(12-14)25-11-3-10-24-15/h6-7,12-13H,1-5,8-11H2,(H,21,23)(H3,19,20,22). The summed E-state index contributed by atoms with van der Waals surface area (Å²) >= 11 is 0. The minimum absolute atomic E-state index is 0.0408. The van der Waals surface area contributed by atoms with Crippen molar-refractivity contribution in [3.63, 3.8) is 0 Å². The molecule has 0 bridgehead atoms. The number of hydrogen-bond acceptors (Lipinski definition) is 4. The van der Waals surface area contributed by atoms with Crippen LogP contribution in [0.5, 0.6) is 11.5 Å². The predicted octanol–water partition coefficient (Wildman–Crippen LogP) is 2.02. The van der Waals surface area contributed by atoms with E-state index in [0.29, 0.717) is 38.0 Å². The summed E-state index contributed by atoms with van der Waals surface area (Å²) in [4.78, 5) is 16.1. The van der Waals surface area contributed by atoms with Crippen LogP contribution >= 0.6 is 0 Å². The Hall–Kier alpha value is -2.44. The Labute approximate surface area is 148 Å². The molecule has 7 heteroatoms. The van der Waals surface area contributed by atoms with Crippen LogP contribution in [0.4, 0.5) is 5.69 Å². The number of amides is 1. The molecule has 25 heavy (non-hydrogen) atoms. The molecular weight excluding hydrogens is 320 g/mol. The molecule has 2 aliphatic rings. The molecule has 0 aromatic heterocycles. The topological polar surface area (TPSA) is 98.0 Å². The first-order chi connectivity index (χ1) is 12.2. The number of guanidine groups is 1. The summed E-state index contributed by atoms with van der Waals surface area (Å²) in [5.41, 5.74) is 6.68. The van der Waals surface area contributed by atoms with E-state index in [2.05, 4.69) is 15.6 Å². The van der Waals surface area contributed by atoms with Crippen LogP contribution in [-0.4, -0.2) is 37.7 Å². The Morgan fingerprint density at radius 1 is 1.16 bits per heavy atom. The largest absolute Gasteiger partial charge is 0.490 e. The van der Waals surface area contributed by atoms with Gasteiger partial charge in [-0.25, -0.2) is 0 Å². The van der Waals surface area contributed by atoms with Crippen molar-refractivity contribution in [2.75, 3.05) is 25.1 Å². The first-order valence-electron chi connectivity index (χ1n) is 8.96. The first kappa shape index (κ1) is 17.4. The van der Waals surface area contributed by atoms with Crippen molar-refractivity contribution in [2.24, 2.45) is 10.7 Å². The summed E-state index contributed by atoms with van der Waals surface area (Å²) in [6.45, 7) is 1.66. The van der Waals surface area contributed by atoms with Crippen molar-refractivity contribution >= 4 is 17.6 Å². The van der Waals surface area contributed by atoms with Crippen molar-refractivity contribution < 1.29 is 14.3 Å². The smallest absolute Gasteiger partial charge is 0.222 e. The highest BCUT2D eigenvalue weighted by atomic mass is 16.5. The van der Waals surface area contributed by atoms with E-state index in [-0.39, 0.29) is 11.9 Å². The van der Waals surface area contributed by atoms with E-state index in [9.17, 15) is 4.79 Å². The summed E-state index contributed by atoms with van der Waals surface area (Å²) in [6, 6.07) is 5.90. The highest BCUT2D eigenvalue weighted by molar-refractivity contribution is 5.92. The molecule has 3 rings (SSSR count). The monoisotopic (exact) mass is 346 g/mol. The van der Waals surface area contributed by atoms with Crippen LogP contribution < -0.4 is 25.8 Å². The minimum atomic E-state index is 0.0408. The summed E-state index contributed by atoms with van der Waals surface area (Å²) in [7, 11) is 0. The number of nitrogens with one attached hydrogen (secondary N) is 2. The number of anilines is 1. The van der Waals surface area contributed by atoms with Gasteiger partial charge in [-0.1, -0.05) is 12.8 Å². The fourth-order valence-electron chi connectivity index (χ4n) is 3.08. The SMILES string of the molecule is NC(=NCCC(=O)NC1CCCC1)Nc1ccc2c(c1)OCCCO2.